The standard InChI is InChI=1S/C9H9NO2.C7H5Cl2NO.C6H12/c1-7-4-2-3-5-8(7)9(12)10-6-11;8-4-3-6(9)10-5-1-2-11-7(4)5;1-2-4-6-5-3-1/h2-6H,1H3,(H,10,11,12);3H,1-2H2;1-6H2. The summed E-state index contributed by atoms with van der Waals surface area (Å²) in [6.45, 7) is 2.47. The van der Waals surface area contributed by atoms with Crippen molar-refractivity contribution in [2.45, 2.75) is 51.9 Å². The lowest BCUT2D eigenvalue weighted by Gasteiger charge is -2.05. The summed E-state index contributed by atoms with van der Waals surface area (Å²) in [5.74, 6) is 0.333. The van der Waals surface area contributed by atoms with Gasteiger partial charge in [-0.25, -0.2) is 4.98 Å². The summed E-state index contributed by atoms with van der Waals surface area (Å²) in [4.78, 5) is 25.2. The first-order valence-electron chi connectivity index (χ1n) is 9.80. The second-order valence-corrected chi connectivity index (χ2v) is 7.62. The Morgan fingerprint density at radius 2 is 1.72 bits per heavy atom. The van der Waals surface area contributed by atoms with Crippen molar-refractivity contribution in [3.05, 3.63) is 57.3 Å². The second kappa shape index (κ2) is 12.5. The molecular weight excluding hydrogens is 411 g/mol. The Morgan fingerprint density at radius 1 is 1.10 bits per heavy atom. The van der Waals surface area contributed by atoms with Crippen molar-refractivity contribution in [1.29, 1.82) is 0 Å². The maximum absolute atomic E-state index is 11.1. The number of amides is 2. The monoisotopic (exact) mass is 436 g/mol. The molecule has 4 rings (SSSR count). The van der Waals surface area contributed by atoms with Gasteiger partial charge in [0.25, 0.3) is 5.91 Å². The van der Waals surface area contributed by atoms with Gasteiger partial charge in [0.1, 0.15) is 5.15 Å². The number of halogens is 2. The fourth-order valence-corrected chi connectivity index (χ4v) is 3.64. The van der Waals surface area contributed by atoms with Crippen LogP contribution in [0.15, 0.2) is 30.3 Å². The first-order chi connectivity index (χ1) is 14.0. The van der Waals surface area contributed by atoms with Crippen LogP contribution in [0.4, 0.5) is 0 Å². The first-order valence-corrected chi connectivity index (χ1v) is 10.6. The number of fused-ring (bicyclic) bond motifs is 1. The Morgan fingerprint density at radius 3 is 2.31 bits per heavy atom. The van der Waals surface area contributed by atoms with Crippen molar-refractivity contribution in [2.24, 2.45) is 0 Å². The van der Waals surface area contributed by atoms with Gasteiger partial charge < -0.3 is 4.74 Å². The average Bonchev–Trinajstić information content (AvgIpc) is 3.20. The van der Waals surface area contributed by atoms with Crippen LogP contribution in [0.3, 0.4) is 0 Å². The summed E-state index contributed by atoms with van der Waals surface area (Å²) < 4.78 is 5.23. The highest BCUT2D eigenvalue weighted by molar-refractivity contribution is 6.35. The lowest BCUT2D eigenvalue weighted by atomic mass is 10.0. The minimum absolute atomic E-state index is 0.358. The topological polar surface area (TPSA) is 68.3 Å². The first kappa shape index (κ1) is 23.2. The number of hydrogen-bond acceptors (Lipinski definition) is 4. The summed E-state index contributed by atoms with van der Waals surface area (Å²) in [5, 5.41) is 3.07. The van der Waals surface area contributed by atoms with Crippen molar-refractivity contribution < 1.29 is 14.3 Å². The molecule has 1 aliphatic heterocycles. The number of carbonyl (C=O) groups excluding carboxylic acids is 2. The maximum Gasteiger partial charge on any atom is 0.257 e. The Labute approximate surface area is 181 Å². The van der Waals surface area contributed by atoms with Gasteiger partial charge in [-0.2, -0.15) is 0 Å². The summed E-state index contributed by atoms with van der Waals surface area (Å²) in [6.07, 6.45) is 10.2. The van der Waals surface area contributed by atoms with Crippen molar-refractivity contribution in [2.75, 3.05) is 6.61 Å². The molecule has 0 bridgehead atoms. The fourth-order valence-electron chi connectivity index (χ4n) is 3.11. The second-order valence-electron chi connectivity index (χ2n) is 6.83. The lowest BCUT2D eigenvalue weighted by Crippen LogP contribution is -2.21. The highest BCUT2D eigenvalue weighted by Gasteiger charge is 2.17. The molecule has 1 aliphatic carbocycles. The molecule has 2 amide bonds. The number of nitrogens with zero attached hydrogens (tertiary/aromatic N) is 1. The van der Waals surface area contributed by atoms with Crippen LogP contribution in [0.5, 0.6) is 5.75 Å². The minimum atomic E-state index is -0.358. The molecule has 2 aliphatic rings. The Balaban J connectivity index is 0.000000163. The van der Waals surface area contributed by atoms with Crippen LogP contribution in [-0.2, 0) is 11.2 Å². The summed E-state index contributed by atoms with van der Waals surface area (Å²) >= 11 is 11.5. The van der Waals surface area contributed by atoms with E-state index >= 15 is 0 Å². The van der Waals surface area contributed by atoms with Gasteiger partial charge in [-0.1, -0.05) is 79.9 Å². The van der Waals surface area contributed by atoms with Gasteiger partial charge in [0.2, 0.25) is 6.41 Å². The van der Waals surface area contributed by atoms with Gasteiger partial charge in [-0.15, -0.1) is 0 Å². The van der Waals surface area contributed by atoms with E-state index in [9.17, 15) is 9.59 Å². The number of nitrogens with one attached hydrogen (secondary N) is 1. The number of benzene rings is 1. The molecule has 1 saturated carbocycles. The Hall–Kier alpha value is -2.11. The fraction of sp³-hybridized carbons (Fsp3) is 0.409. The molecule has 1 aromatic carbocycles. The van der Waals surface area contributed by atoms with Gasteiger partial charge in [-0.3, -0.25) is 14.9 Å². The molecule has 156 valence electrons. The van der Waals surface area contributed by atoms with Crippen molar-refractivity contribution in [3.63, 3.8) is 0 Å². The van der Waals surface area contributed by atoms with E-state index in [-0.39, 0.29) is 5.91 Å². The minimum Gasteiger partial charge on any atom is -0.490 e. The van der Waals surface area contributed by atoms with E-state index in [4.69, 9.17) is 27.9 Å². The summed E-state index contributed by atoms with van der Waals surface area (Å²) in [7, 11) is 0. The van der Waals surface area contributed by atoms with E-state index in [1.165, 1.54) is 38.5 Å². The van der Waals surface area contributed by atoms with Crippen LogP contribution in [0.25, 0.3) is 0 Å². The Bertz CT molecular complexity index is 812. The van der Waals surface area contributed by atoms with E-state index in [2.05, 4.69) is 10.3 Å². The number of hydrogen-bond donors (Lipinski definition) is 1. The number of pyridine rings is 1. The summed E-state index contributed by atoms with van der Waals surface area (Å²) in [6, 6.07) is 8.68. The molecule has 2 heterocycles. The predicted molar refractivity (Wildman–Crippen MR) is 116 cm³/mol. The molecule has 29 heavy (non-hydrogen) atoms. The van der Waals surface area contributed by atoms with E-state index < -0.39 is 0 Å². The van der Waals surface area contributed by atoms with Gasteiger partial charge in [0.05, 0.1) is 17.3 Å². The van der Waals surface area contributed by atoms with Crippen LogP contribution in [0.1, 0.15) is 60.1 Å². The van der Waals surface area contributed by atoms with Crippen LogP contribution >= 0.6 is 23.2 Å². The molecule has 0 unspecified atom stereocenters. The molecule has 0 atom stereocenters. The molecule has 1 fully saturated rings. The molecule has 5 nitrogen and oxygen atoms in total. The zero-order chi connectivity index (χ0) is 21.1. The molecular formula is C22H26Cl2N2O3. The normalized spacial score (nSPS) is 14.2. The zero-order valence-electron chi connectivity index (χ0n) is 16.5. The van der Waals surface area contributed by atoms with Crippen LogP contribution < -0.4 is 10.1 Å². The number of imide groups is 1. The SMILES string of the molecule is C1CCCCC1.Cc1ccccc1C(=O)NC=O.Clc1cc(Cl)c2c(n1)CCO2. The highest BCUT2D eigenvalue weighted by atomic mass is 35.5. The largest absolute Gasteiger partial charge is 0.490 e. The molecule has 1 N–H and O–H groups in total. The van der Waals surface area contributed by atoms with E-state index in [1.807, 2.05) is 19.1 Å². The van der Waals surface area contributed by atoms with E-state index in [1.54, 1.807) is 18.2 Å². The van der Waals surface area contributed by atoms with E-state index in [0.29, 0.717) is 34.5 Å². The molecule has 0 saturated heterocycles. The molecule has 2 aromatic rings. The third kappa shape index (κ3) is 7.67. The van der Waals surface area contributed by atoms with Crippen LogP contribution in [-0.4, -0.2) is 23.9 Å². The predicted octanol–water partition coefficient (Wildman–Crippen LogP) is 5.55. The lowest BCUT2D eigenvalue weighted by molar-refractivity contribution is -0.108. The van der Waals surface area contributed by atoms with E-state index in [0.717, 1.165) is 17.7 Å². The quantitative estimate of drug-likeness (QED) is 0.495. The third-order valence-corrected chi connectivity index (χ3v) is 5.11. The Kier molecular flexibility index (Phi) is 9.95. The maximum atomic E-state index is 11.1. The summed E-state index contributed by atoms with van der Waals surface area (Å²) in [5.41, 5.74) is 2.25. The smallest absolute Gasteiger partial charge is 0.257 e. The van der Waals surface area contributed by atoms with Crippen molar-refractivity contribution >= 4 is 35.5 Å². The number of carbonyl (C=O) groups is 2. The zero-order valence-corrected chi connectivity index (χ0v) is 18.1. The highest BCUT2D eigenvalue weighted by Crippen LogP contribution is 2.33. The number of aryl methyl sites for hydroxylation is 1. The number of ether oxygens (including phenoxy) is 1. The van der Waals surface area contributed by atoms with Gasteiger partial charge >= 0.3 is 0 Å². The third-order valence-electron chi connectivity index (χ3n) is 4.63. The van der Waals surface area contributed by atoms with Gasteiger partial charge in [0, 0.05) is 12.0 Å². The molecule has 1 aromatic heterocycles. The van der Waals surface area contributed by atoms with Crippen molar-refractivity contribution in [1.82, 2.24) is 10.3 Å². The van der Waals surface area contributed by atoms with Crippen LogP contribution in [0.2, 0.25) is 10.2 Å². The number of rotatable bonds is 2. The van der Waals surface area contributed by atoms with Gasteiger partial charge in [-0.05, 0) is 24.6 Å². The molecule has 0 radical (unpaired) electrons. The average molecular weight is 437 g/mol. The molecule has 7 heteroatoms. The van der Waals surface area contributed by atoms with Gasteiger partial charge in [0.15, 0.2) is 5.75 Å². The van der Waals surface area contributed by atoms with Crippen molar-refractivity contribution in [3.8, 4) is 5.75 Å². The van der Waals surface area contributed by atoms with Crippen LogP contribution in [0, 0.1) is 6.92 Å². The molecule has 0 spiro atoms. The number of aromatic nitrogens is 1.